The highest BCUT2D eigenvalue weighted by Crippen LogP contribution is 2.26. The Balaban J connectivity index is 3.42. The molecule has 138 valence electrons. The zero-order valence-corrected chi connectivity index (χ0v) is 15.8. The molecule has 0 radical (unpaired) electrons. The van der Waals surface area contributed by atoms with Crippen molar-refractivity contribution >= 4 is 17.3 Å². The summed E-state index contributed by atoms with van der Waals surface area (Å²) < 4.78 is 0. The normalized spacial score (nSPS) is 11.4. The highest BCUT2D eigenvalue weighted by Gasteiger charge is 2.23. The predicted octanol–water partition coefficient (Wildman–Crippen LogP) is 0.625. The Hall–Kier alpha value is -2.09. The Morgan fingerprint density at radius 1 is 0.720 bits per heavy atom. The number of aromatic hydroxyl groups is 1. The number of hydrogen-bond donors (Lipinski definition) is 1. The molecule has 0 atom stereocenters. The van der Waals surface area contributed by atoms with Crippen LogP contribution in [0.2, 0.25) is 0 Å². The third-order valence-electron chi connectivity index (χ3n) is 3.41. The topological polar surface area (TPSA) is 81.2 Å². The number of rotatable bonds is 9. The number of hydrogen-bond acceptors (Lipinski definition) is 7. The van der Waals surface area contributed by atoms with E-state index in [2.05, 4.69) is 0 Å². The van der Waals surface area contributed by atoms with Crippen molar-refractivity contribution in [1.29, 1.82) is 0 Å². The molecule has 0 aliphatic rings. The van der Waals surface area contributed by atoms with Crippen LogP contribution in [0.15, 0.2) is 12.1 Å². The van der Waals surface area contributed by atoms with Gasteiger partial charge >= 0.3 is 0 Å². The lowest BCUT2D eigenvalue weighted by Gasteiger charge is -2.16. The van der Waals surface area contributed by atoms with Crippen molar-refractivity contribution in [3.63, 3.8) is 0 Å². The fraction of sp³-hybridized carbons (Fsp3) is 0.500. The van der Waals surface area contributed by atoms with Crippen molar-refractivity contribution in [3.8, 4) is 5.75 Å². The van der Waals surface area contributed by atoms with E-state index >= 15 is 0 Å². The van der Waals surface area contributed by atoms with Gasteiger partial charge in [-0.3, -0.25) is 14.4 Å². The van der Waals surface area contributed by atoms with Gasteiger partial charge in [0.05, 0.1) is 30.8 Å². The van der Waals surface area contributed by atoms with Crippen LogP contribution in [0.25, 0.3) is 0 Å². The summed E-state index contributed by atoms with van der Waals surface area (Å²) >= 11 is 0. The molecule has 7 nitrogen and oxygen atoms in total. The lowest BCUT2D eigenvalue weighted by atomic mass is 9.96. The molecule has 0 aliphatic carbocycles. The maximum Gasteiger partial charge on any atom is 0.180 e. The van der Waals surface area contributed by atoms with Gasteiger partial charge in [-0.1, -0.05) is 0 Å². The summed E-state index contributed by atoms with van der Waals surface area (Å²) in [6, 6.07) is 2.75. The van der Waals surface area contributed by atoms with Crippen molar-refractivity contribution in [2.75, 3.05) is 61.9 Å². The Kier molecular flexibility index (Phi) is 7.41. The Morgan fingerprint density at radius 2 is 1.04 bits per heavy atom. The first-order valence-electron chi connectivity index (χ1n) is 7.93. The Labute approximate surface area is 148 Å². The summed E-state index contributed by atoms with van der Waals surface area (Å²) in [5, 5.41) is 10.4. The molecule has 1 N–H and O–H groups in total. The highest BCUT2D eigenvalue weighted by atomic mass is 16.3. The van der Waals surface area contributed by atoms with E-state index in [9.17, 15) is 19.5 Å². The molecule has 0 saturated heterocycles. The zero-order valence-electron chi connectivity index (χ0n) is 15.8. The van der Waals surface area contributed by atoms with Gasteiger partial charge in [0.25, 0.3) is 0 Å². The van der Waals surface area contributed by atoms with E-state index in [-0.39, 0.29) is 59.4 Å². The van der Waals surface area contributed by atoms with Crippen molar-refractivity contribution in [1.82, 2.24) is 14.7 Å². The molecular weight excluding hydrogens is 322 g/mol. The smallest absolute Gasteiger partial charge is 0.180 e. The monoisotopic (exact) mass is 349 g/mol. The third kappa shape index (κ3) is 6.04. The standard InChI is InChI=1S/C18H27N3O4/c1-19(2)9-15(22)12-7-13(16(23)10-20(3)4)18(25)14(8-12)17(24)11-21(5)6/h7-8,25H,9-11H2,1-6H3. The number of Topliss-reactive ketones (excluding diaryl/α,β-unsaturated/α-hetero) is 3. The molecular formula is C18H27N3O4. The van der Waals surface area contributed by atoms with Gasteiger partial charge in [0.1, 0.15) is 5.75 Å². The summed E-state index contributed by atoms with van der Waals surface area (Å²) in [7, 11) is 10.4. The minimum absolute atomic E-state index is 0.000382. The van der Waals surface area contributed by atoms with Gasteiger partial charge in [-0.25, -0.2) is 0 Å². The molecule has 0 aromatic heterocycles. The van der Waals surface area contributed by atoms with E-state index in [4.69, 9.17) is 0 Å². The zero-order chi connectivity index (χ0) is 19.3. The molecule has 0 amide bonds. The molecule has 1 aromatic rings. The number of phenols is 1. The van der Waals surface area contributed by atoms with Crippen molar-refractivity contribution in [3.05, 3.63) is 28.8 Å². The molecule has 25 heavy (non-hydrogen) atoms. The maximum atomic E-state index is 12.4. The van der Waals surface area contributed by atoms with Crippen LogP contribution in [-0.4, -0.2) is 99.1 Å². The molecule has 7 heteroatoms. The van der Waals surface area contributed by atoms with Crippen LogP contribution >= 0.6 is 0 Å². The van der Waals surface area contributed by atoms with E-state index in [0.29, 0.717) is 0 Å². The molecule has 1 rings (SSSR count). The van der Waals surface area contributed by atoms with Gasteiger partial charge in [-0.2, -0.15) is 0 Å². The summed E-state index contributed by atoms with van der Waals surface area (Å²) in [4.78, 5) is 42.3. The van der Waals surface area contributed by atoms with E-state index < -0.39 is 0 Å². The minimum atomic E-state index is -0.361. The minimum Gasteiger partial charge on any atom is -0.506 e. The SMILES string of the molecule is CN(C)CC(=O)c1cc(C(=O)CN(C)C)c(O)c(C(=O)CN(C)C)c1. The van der Waals surface area contributed by atoms with Crippen LogP contribution in [0.4, 0.5) is 0 Å². The van der Waals surface area contributed by atoms with Crippen molar-refractivity contribution < 1.29 is 19.5 Å². The second-order valence-electron chi connectivity index (χ2n) is 6.90. The fourth-order valence-corrected chi connectivity index (χ4v) is 2.34. The van der Waals surface area contributed by atoms with Crippen LogP contribution in [0.1, 0.15) is 31.1 Å². The van der Waals surface area contributed by atoms with Crippen LogP contribution in [0.3, 0.4) is 0 Å². The Morgan fingerprint density at radius 3 is 1.36 bits per heavy atom. The van der Waals surface area contributed by atoms with Gasteiger partial charge in [-0.05, 0) is 54.4 Å². The van der Waals surface area contributed by atoms with E-state index in [1.165, 1.54) is 12.1 Å². The van der Waals surface area contributed by atoms with Crippen molar-refractivity contribution in [2.24, 2.45) is 0 Å². The molecule has 0 unspecified atom stereocenters. The van der Waals surface area contributed by atoms with Crippen LogP contribution in [0, 0.1) is 0 Å². The first-order chi connectivity index (χ1) is 11.5. The van der Waals surface area contributed by atoms with Gasteiger partial charge in [-0.15, -0.1) is 0 Å². The number of carbonyl (C=O) groups is 3. The molecule has 1 aromatic carbocycles. The third-order valence-corrected chi connectivity index (χ3v) is 3.41. The number of ketones is 3. The summed E-state index contributed by atoms with van der Waals surface area (Å²) in [5.41, 5.74) is 0.247. The number of benzene rings is 1. The second kappa shape index (κ2) is 8.84. The number of carbonyl (C=O) groups excluding carboxylic acids is 3. The number of phenolic OH excluding ortho intramolecular Hbond substituents is 1. The van der Waals surface area contributed by atoms with Crippen LogP contribution in [-0.2, 0) is 0 Å². The molecule has 0 spiro atoms. The fourth-order valence-electron chi connectivity index (χ4n) is 2.34. The summed E-state index contributed by atoms with van der Waals surface area (Å²) in [5.74, 6) is -1.27. The second-order valence-corrected chi connectivity index (χ2v) is 6.90. The van der Waals surface area contributed by atoms with Gasteiger partial charge in [0.2, 0.25) is 0 Å². The lowest BCUT2D eigenvalue weighted by molar-refractivity contribution is 0.0953. The summed E-state index contributed by atoms with van der Waals surface area (Å²) in [6.07, 6.45) is 0. The number of likely N-dealkylation sites (N-methyl/N-ethyl adjacent to an activating group) is 3. The van der Waals surface area contributed by atoms with E-state index in [1.54, 1.807) is 57.0 Å². The first-order valence-corrected chi connectivity index (χ1v) is 7.93. The average molecular weight is 349 g/mol. The van der Waals surface area contributed by atoms with Crippen LogP contribution in [0.5, 0.6) is 5.75 Å². The van der Waals surface area contributed by atoms with Gasteiger partial charge in [0, 0.05) is 5.56 Å². The molecule has 0 fully saturated rings. The molecule has 0 saturated carbocycles. The van der Waals surface area contributed by atoms with Gasteiger partial charge in [0.15, 0.2) is 17.3 Å². The van der Waals surface area contributed by atoms with Crippen LogP contribution < -0.4 is 0 Å². The predicted molar refractivity (Wildman–Crippen MR) is 96.8 cm³/mol. The molecule has 0 heterocycles. The molecule has 0 aliphatic heterocycles. The number of nitrogens with zero attached hydrogens (tertiary/aromatic N) is 3. The Bertz CT molecular complexity index is 623. The highest BCUT2D eigenvalue weighted by molar-refractivity contribution is 6.10. The first kappa shape index (κ1) is 21.0. The maximum absolute atomic E-state index is 12.4. The summed E-state index contributed by atoms with van der Waals surface area (Å²) in [6.45, 7) is 0.286. The van der Waals surface area contributed by atoms with E-state index in [1.807, 2.05) is 0 Å². The van der Waals surface area contributed by atoms with Gasteiger partial charge < -0.3 is 19.8 Å². The largest absolute Gasteiger partial charge is 0.506 e. The van der Waals surface area contributed by atoms with E-state index in [0.717, 1.165) is 0 Å². The molecule has 0 bridgehead atoms. The average Bonchev–Trinajstić information content (AvgIpc) is 2.44. The lowest BCUT2D eigenvalue weighted by Crippen LogP contribution is -2.26. The quantitative estimate of drug-likeness (QED) is 0.655. The van der Waals surface area contributed by atoms with Crippen molar-refractivity contribution in [2.45, 2.75) is 0 Å².